The molecular weight excluding hydrogens is 493 g/mol. The highest BCUT2D eigenvalue weighted by Crippen LogP contribution is 2.22. The molecule has 0 radical (unpaired) electrons. The molecule has 9 heteroatoms. The van der Waals surface area contributed by atoms with E-state index in [9.17, 15) is 0 Å². The molecule has 0 bridgehead atoms. The van der Waals surface area contributed by atoms with Gasteiger partial charge < -0.3 is 24.4 Å². The van der Waals surface area contributed by atoms with E-state index in [0.29, 0.717) is 5.92 Å². The Morgan fingerprint density at radius 3 is 2.77 bits per heavy atom. The number of guanidine groups is 1. The summed E-state index contributed by atoms with van der Waals surface area (Å²) in [5, 5.41) is 12.1. The molecule has 1 aromatic carbocycles. The molecule has 1 saturated heterocycles. The third kappa shape index (κ3) is 4.98. The van der Waals surface area contributed by atoms with Gasteiger partial charge in [0.2, 0.25) is 0 Å². The van der Waals surface area contributed by atoms with Gasteiger partial charge in [-0.25, -0.2) is 0 Å². The summed E-state index contributed by atoms with van der Waals surface area (Å²) < 4.78 is 7.62. The Balaban J connectivity index is 0.00000256. The summed E-state index contributed by atoms with van der Waals surface area (Å²) in [6.07, 6.45) is 2.15. The minimum absolute atomic E-state index is 0. The van der Waals surface area contributed by atoms with Gasteiger partial charge in [0.1, 0.15) is 17.4 Å². The quantitative estimate of drug-likeness (QED) is 0.375. The molecule has 1 atom stereocenters. The van der Waals surface area contributed by atoms with Gasteiger partial charge in [-0.2, -0.15) is 0 Å². The van der Waals surface area contributed by atoms with Gasteiger partial charge >= 0.3 is 0 Å². The van der Waals surface area contributed by atoms with E-state index in [0.717, 1.165) is 75.5 Å². The Kier molecular flexibility index (Phi) is 7.79. The monoisotopic (exact) mass is 525 g/mol. The van der Waals surface area contributed by atoms with Crippen LogP contribution < -0.4 is 15.0 Å². The zero-order chi connectivity index (χ0) is 20.2. The van der Waals surface area contributed by atoms with Crippen LogP contribution in [0.3, 0.4) is 0 Å². The first-order valence-corrected chi connectivity index (χ1v) is 10.4. The first kappa shape index (κ1) is 22.6. The number of hydrogen-bond acceptors (Lipinski definition) is 5. The summed E-state index contributed by atoms with van der Waals surface area (Å²) in [6, 6.07) is 8.29. The van der Waals surface area contributed by atoms with E-state index in [1.165, 1.54) is 5.69 Å². The predicted octanol–water partition coefficient (Wildman–Crippen LogP) is 2.17. The molecular formula is C21H32IN7O. The van der Waals surface area contributed by atoms with E-state index in [4.69, 9.17) is 4.74 Å². The van der Waals surface area contributed by atoms with Crippen LogP contribution in [0.15, 0.2) is 29.3 Å². The molecule has 0 spiro atoms. The zero-order valence-corrected chi connectivity index (χ0v) is 20.4. The minimum Gasteiger partial charge on any atom is -0.497 e. The molecule has 2 aliphatic rings. The highest BCUT2D eigenvalue weighted by Gasteiger charge is 2.24. The molecule has 4 rings (SSSR count). The first-order valence-electron chi connectivity index (χ1n) is 10.4. The molecule has 1 aromatic heterocycles. The number of rotatable bonds is 4. The third-order valence-electron chi connectivity index (χ3n) is 5.99. The Hall–Kier alpha value is -2.04. The molecule has 3 heterocycles. The second-order valence-corrected chi connectivity index (χ2v) is 7.78. The van der Waals surface area contributed by atoms with Crippen LogP contribution in [0.25, 0.3) is 0 Å². The number of anilines is 1. The number of halogens is 1. The summed E-state index contributed by atoms with van der Waals surface area (Å²) in [5.74, 6) is 4.62. The normalized spacial score (nSPS) is 19.2. The number of methoxy groups -OCH3 is 1. The summed E-state index contributed by atoms with van der Waals surface area (Å²) in [6.45, 7) is 7.81. The van der Waals surface area contributed by atoms with E-state index in [1.54, 1.807) is 7.11 Å². The maximum Gasteiger partial charge on any atom is 0.193 e. The number of benzene rings is 1. The van der Waals surface area contributed by atoms with Crippen LogP contribution in [0.4, 0.5) is 5.69 Å². The third-order valence-corrected chi connectivity index (χ3v) is 5.99. The summed E-state index contributed by atoms with van der Waals surface area (Å²) in [7, 11) is 3.59. The zero-order valence-electron chi connectivity index (χ0n) is 18.0. The largest absolute Gasteiger partial charge is 0.497 e. The van der Waals surface area contributed by atoms with Crippen molar-refractivity contribution in [3.63, 3.8) is 0 Å². The van der Waals surface area contributed by atoms with Crippen LogP contribution in [0, 0.1) is 12.8 Å². The lowest BCUT2D eigenvalue weighted by atomic mass is 9.99. The van der Waals surface area contributed by atoms with Crippen molar-refractivity contribution in [2.24, 2.45) is 10.9 Å². The molecule has 0 aliphatic carbocycles. The Morgan fingerprint density at radius 1 is 1.23 bits per heavy atom. The van der Waals surface area contributed by atoms with Gasteiger partial charge in [-0.05, 0) is 31.4 Å². The van der Waals surface area contributed by atoms with Crippen molar-refractivity contribution in [1.29, 1.82) is 0 Å². The van der Waals surface area contributed by atoms with Gasteiger partial charge in [0.15, 0.2) is 5.96 Å². The molecule has 1 fully saturated rings. The van der Waals surface area contributed by atoms with Crippen molar-refractivity contribution in [2.75, 3.05) is 51.8 Å². The number of ether oxygens (including phenoxy) is 1. The molecule has 2 aliphatic heterocycles. The van der Waals surface area contributed by atoms with Crippen LogP contribution in [-0.2, 0) is 13.0 Å². The van der Waals surface area contributed by atoms with E-state index in [2.05, 4.69) is 47.0 Å². The lowest BCUT2D eigenvalue weighted by molar-refractivity contribution is 0.339. The Bertz CT molecular complexity index is 861. The number of hydrogen-bond donors (Lipinski definition) is 1. The number of aromatic nitrogens is 3. The Labute approximate surface area is 195 Å². The van der Waals surface area contributed by atoms with Crippen molar-refractivity contribution < 1.29 is 4.74 Å². The van der Waals surface area contributed by atoms with Crippen molar-refractivity contribution in [3.05, 3.63) is 35.9 Å². The van der Waals surface area contributed by atoms with Crippen molar-refractivity contribution in [2.45, 2.75) is 26.3 Å². The molecule has 0 saturated carbocycles. The molecule has 164 valence electrons. The number of aryl methyl sites for hydroxylation is 2. The first-order chi connectivity index (χ1) is 14.2. The lowest BCUT2D eigenvalue weighted by Gasteiger charge is -2.38. The predicted molar refractivity (Wildman–Crippen MR) is 130 cm³/mol. The van der Waals surface area contributed by atoms with Gasteiger partial charge in [0.25, 0.3) is 0 Å². The highest BCUT2D eigenvalue weighted by atomic mass is 127. The average molecular weight is 525 g/mol. The van der Waals surface area contributed by atoms with E-state index in [-0.39, 0.29) is 24.0 Å². The molecule has 8 nitrogen and oxygen atoms in total. The maximum absolute atomic E-state index is 5.36. The van der Waals surface area contributed by atoms with Gasteiger partial charge in [0, 0.05) is 64.5 Å². The number of piperazine rings is 1. The summed E-state index contributed by atoms with van der Waals surface area (Å²) in [4.78, 5) is 9.30. The SMILES string of the molecule is CN=C(NCC1CCc2nnc(C)n2C1)N1CCN(c2cccc(OC)c2)CC1.I. The molecule has 1 N–H and O–H groups in total. The van der Waals surface area contributed by atoms with Gasteiger partial charge in [-0.15, -0.1) is 34.2 Å². The van der Waals surface area contributed by atoms with Crippen molar-refractivity contribution in [1.82, 2.24) is 25.0 Å². The van der Waals surface area contributed by atoms with Gasteiger partial charge in [-0.3, -0.25) is 4.99 Å². The molecule has 0 amide bonds. The molecule has 30 heavy (non-hydrogen) atoms. The smallest absolute Gasteiger partial charge is 0.193 e. The molecule has 1 unspecified atom stereocenters. The van der Waals surface area contributed by atoms with Gasteiger partial charge in [0.05, 0.1) is 7.11 Å². The highest BCUT2D eigenvalue weighted by molar-refractivity contribution is 14.0. The van der Waals surface area contributed by atoms with E-state index < -0.39 is 0 Å². The fourth-order valence-corrected chi connectivity index (χ4v) is 4.25. The van der Waals surface area contributed by atoms with Crippen LogP contribution in [-0.4, -0.2) is 72.5 Å². The van der Waals surface area contributed by atoms with Crippen LogP contribution in [0.1, 0.15) is 18.1 Å². The maximum atomic E-state index is 5.36. The standard InChI is InChI=1S/C21H31N7O.HI/c1-16-24-25-20-8-7-17(15-28(16)20)14-23-21(22-2)27-11-9-26(10-12-27)18-5-4-6-19(13-18)29-3;/h4-6,13,17H,7-12,14-15H2,1-3H3,(H,22,23);1H. The van der Waals surface area contributed by atoms with Crippen molar-refractivity contribution >= 4 is 35.6 Å². The second-order valence-electron chi connectivity index (χ2n) is 7.78. The average Bonchev–Trinajstić information content (AvgIpc) is 3.15. The van der Waals surface area contributed by atoms with Crippen LogP contribution >= 0.6 is 24.0 Å². The minimum atomic E-state index is 0. The number of nitrogens with zero attached hydrogens (tertiary/aromatic N) is 6. The topological polar surface area (TPSA) is 70.8 Å². The number of fused-ring (bicyclic) bond motifs is 1. The fourth-order valence-electron chi connectivity index (χ4n) is 4.25. The van der Waals surface area contributed by atoms with Gasteiger partial charge in [-0.1, -0.05) is 6.07 Å². The number of aliphatic imine (C=N–C) groups is 1. The second kappa shape index (κ2) is 10.3. The Morgan fingerprint density at radius 2 is 2.03 bits per heavy atom. The number of nitrogens with one attached hydrogen (secondary N) is 1. The summed E-state index contributed by atoms with van der Waals surface area (Å²) >= 11 is 0. The summed E-state index contributed by atoms with van der Waals surface area (Å²) in [5.41, 5.74) is 1.22. The lowest BCUT2D eigenvalue weighted by Crippen LogP contribution is -2.53. The molecule has 2 aromatic rings. The fraction of sp³-hybridized carbons (Fsp3) is 0.571. The van der Waals surface area contributed by atoms with Crippen LogP contribution in [0.2, 0.25) is 0 Å². The van der Waals surface area contributed by atoms with Crippen LogP contribution in [0.5, 0.6) is 5.75 Å². The van der Waals surface area contributed by atoms with E-state index >= 15 is 0 Å². The van der Waals surface area contributed by atoms with Crippen molar-refractivity contribution in [3.8, 4) is 5.75 Å². The van der Waals surface area contributed by atoms with E-state index in [1.807, 2.05) is 26.1 Å².